The molecule has 1 atom stereocenters. The van der Waals surface area contributed by atoms with Crippen molar-refractivity contribution in [1.82, 2.24) is 14.9 Å². The maximum absolute atomic E-state index is 9.29. The molecular formula is C13H22N4O2. The maximum atomic E-state index is 9.29. The lowest BCUT2D eigenvalue weighted by Gasteiger charge is -2.42. The molecular weight excluding hydrogens is 244 g/mol. The van der Waals surface area contributed by atoms with E-state index in [9.17, 15) is 5.11 Å². The van der Waals surface area contributed by atoms with Gasteiger partial charge in [-0.1, -0.05) is 0 Å². The third-order valence-electron chi connectivity index (χ3n) is 3.04. The van der Waals surface area contributed by atoms with Crippen molar-refractivity contribution in [2.24, 2.45) is 0 Å². The maximum Gasteiger partial charge on any atom is 0.144 e. The molecule has 0 saturated carbocycles. The number of hydrogen-bond acceptors (Lipinski definition) is 6. The SMILES string of the molecule is Cc1cc(N)nc(CN2CC(CO)OC(C)(C)C2)n1. The van der Waals surface area contributed by atoms with Gasteiger partial charge in [-0.25, -0.2) is 9.97 Å². The van der Waals surface area contributed by atoms with Gasteiger partial charge < -0.3 is 15.6 Å². The van der Waals surface area contributed by atoms with Crippen molar-refractivity contribution in [2.45, 2.75) is 39.0 Å². The molecule has 1 aliphatic heterocycles. The molecule has 2 rings (SSSR count). The number of hydrogen-bond donors (Lipinski definition) is 2. The predicted molar refractivity (Wildman–Crippen MR) is 72.5 cm³/mol. The highest BCUT2D eigenvalue weighted by molar-refractivity contribution is 5.29. The lowest BCUT2D eigenvalue weighted by molar-refractivity contribution is -0.151. The minimum Gasteiger partial charge on any atom is -0.394 e. The molecule has 0 aromatic carbocycles. The average molecular weight is 266 g/mol. The Morgan fingerprint density at radius 3 is 2.89 bits per heavy atom. The molecule has 0 aliphatic carbocycles. The number of nitrogen functional groups attached to an aromatic ring is 1. The Bertz CT molecular complexity index is 430. The summed E-state index contributed by atoms with van der Waals surface area (Å²) < 4.78 is 5.78. The second kappa shape index (κ2) is 5.40. The Labute approximate surface area is 113 Å². The third-order valence-corrected chi connectivity index (χ3v) is 3.04. The van der Waals surface area contributed by atoms with Crippen LogP contribution in [0.25, 0.3) is 0 Å². The van der Waals surface area contributed by atoms with Gasteiger partial charge in [0.2, 0.25) is 0 Å². The van der Waals surface area contributed by atoms with E-state index in [1.54, 1.807) is 6.07 Å². The molecule has 0 bridgehead atoms. The van der Waals surface area contributed by atoms with Crippen molar-refractivity contribution in [3.8, 4) is 0 Å². The largest absolute Gasteiger partial charge is 0.394 e. The van der Waals surface area contributed by atoms with Gasteiger partial charge in [-0.3, -0.25) is 4.90 Å². The van der Waals surface area contributed by atoms with E-state index in [-0.39, 0.29) is 18.3 Å². The zero-order valence-electron chi connectivity index (χ0n) is 11.8. The van der Waals surface area contributed by atoms with Crippen molar-refractivity contribution >= 4 is 5.82 Å². The van der Waals surface area contributed by atoms with Gasteiger partial charge in [0.15, 0.2) is 0 Å². The van der Waals surface area contributed by atoms with E-state index in [1.807, 2.05) is 20.8 Å². The summed E-state index contributed by atoms with van der Waals surface area (Å²) >= 11 is 0. The van der Waals surface area contributed by atoms with Gasteiger partial charge in [-0.15, -0.1) is 0 Å². The van der Waals surface area contributed by atoms with Crippen LogP contribution in [0.2, 0.25) is 0 Å². The minimum atomic E-state index is -0.277. The highest BCUT2D eigenvalue weighted by Crippen LogP contribution is 2.21. The van der Waals surface area contributed by atoms with E-state index in [0.717, 1.165) is 12.2 Å². The quantitative estimate of drug-likeness (QED) is 0.820. The van der Waals surface area contributed by atoms with Crippen LogP contribution in [0.3, 0.4) is 0 Å². The molecule has 0 amide bonds. The molecule has 6 heteroatoms. The van der Waals surface area contributed by atoms with Crippen LogP contribution in [-0.4, -0.2) is 51.4 Å². The summed E-state index contributed by atoms with van der Waals surface area (Å²) in [6, 6.07) is 1.75. The van der Waals surface area contributed by atoms with Gasteiger partial charge in [-0.05, 0) is 20.8 Å². The van der Waals surface area contributed by atoms with Gasteiger partial charge in [0.1, 0.15) is 11.6 Å². The van der Waals surface area contributed by atoms with Gasteiger partial charge in [0, 0.05) is 24.8 Å². The monoisotopic (exact) mass is 266 g/mol. The van der Waals surface area contributed by atoms with Gasteiger partial charge in [-0.2, -0.15) is 0 Å². The van der Waals surface area contributed by atoms with Crippen LogP contribution in [0.4, 0.5) is 5.82 Å². The number of morpholine rings is 1. The first kappa shape index (κ1) is 14.2. The molecule has 1 saturated heterocycles. The molecule has 1 aromatic rings. The first-order valence-corrected chi connectivity index (χ1v) is 6.49. The van der Waals surface area contributed by atoms with Crippen LogP contribution in [0.1, 0.15) is 25.4 Å². The number of nitrogens with zero attached hydrogens (tertiary/aromatic N) is 3. The van der Waals surface area contributed by atoms with E-state index in [0.29, 0.717) is 24.7 Å². The summed E-state index contributed by atoms with van der Waals surface area (Å²) in [5.74, 6) is 1.21. The zero-order valence-corrected chi connectivity index (χ0v) is 11.8. The van der Waals surface area contributed by atoms with Crippen LogP contribution in [-0.2, 0) is 11.3 Å². The lowest BCUT2D eigenvalue weighted by Crippen LogP contribution is -2.53. The standard InChI is InChI=1S/C13H22N4O2/c1-9-4-11(14)16-12(15-9)6-17-5-10(7-18)19-13(2,3)8-17/h4,10,18H,5-8H2,1-3H3,(H2,14,15,16). The summed E-state index contributed by atoms with van der Waals surface area (Å²) in [5.41, 5.74) is 6.33. The van der Waals surface area contributed by atoms with Crippen LogP contribution < -0.4 is 5.73 Å². The topological polar surface area (TPSA) is 84.5 Å². The van der Waals surface area contributed by atoms with Crippen molar-refractivity contribution < 1.29 is 9.84 Å². The van der Waals surface area contributed by atoms with Crippen LogP contribution in [0, 0.1) is 6.92 Å². The molecule has 106 valence electrons. The molecule has 1 fully saturated rings. The van der Waals surface area contributed by atoms with E-state index < -0.39 is 0 Å². The Morgan fingerprint density at radius 1 is 1.53 bits per heavy atom. The highest BCUT2D eigenvalue weighted by Gasteiger charge is 2.33. The molecule has 0 radical (unpaired) electrons. The summed E-state index contributed by atoms with van der Waals surface area (Å²) in [4.78, 5) is 10.8. The van der Waals surface area contributed by atoms with Crippen LogP contribution >= 0.6 is 0 Å². The van der Waals surface area contributed by atoms with E-state index >= 15 is 0 Å². The van der Waals surface area contributed by atoms with E-state index in [4.69, 9.17) is 10.5 Å². The molecule has 0 spiro atoms. The number of aliphatic hydroxyl groups excluding tert-OH is 1. The van der Waals surface area contributed by atoms with Gasteiger partial charge >= 0.3 is 0 Å². The molecule has 2 heterocycles. The summed E-state index contributed by atoms with van der Waals surface area (Å²) in [5, 5.41) is 9.29. The molecule has 1 unspecified atom stereocenters. The van der Waals surface area contributed by atoms with Crippen molar-refractivity contribution in [2.75, 3.05) is 25.4 Å². The zero-order chi connectivity index (χ0) is 14.0. The Balaban J connectivity index is 2.09. The number of nitrogens with two attached hydrogens (primary N) is 1. The number of aromatic nitrogens is 2. The van der Waals surface area contributed by atoms with Crippen molar-refractivity contribution in [3.63, 3.8) is 0 Å². The number of aryl methyl sites for hydroxylation is 1. The molecule has 1 aliphatic rings. The summed E-state index contributed by atoms with van der Waals surface area (Å²) in [6.07, 6.45) is -0.161. The number of rotatable bonds is 3. The van der Waals surface area contributed by atoms with E-state index in [1.165, 1.54) is 0 Å². The molecule has 6 nitrogen and oxygen atoms in total. The fourth-order valence-electron chi connectivity index (χ4n) is 2.56. The third kappa shape index (κ3) is 3.86. The fourth-order valence-corrected chi connectivity index (χ4v) is 2.56. The first-order valence-electron chi connectivity index (χ1n) is 6.49. The summed E-state index contributed by atoms with van der Waals surface area (Å²) in [6.45, 7) is 8.05. The fraction of sp³-hybridized carbons (Fsp3) is 0.692. The second-order valence-electron chi connectivity index (χ2n) is 5.70. The molecule has 3 N–H and O–H groups in total. The van der Waals surface area contributed by atoms with Crippen molar-refractivity contribution in [1.29, 1.82) is 0 Å². The normalized spacial score (nSPS) is 23.5. The average Bonchev–Trinajstić information content (AvgIpc) is 2.25. The Morgan fingerprint density at radius 2 is 2.26 bits per heavy atom. The lowest BCUT2D eigenvalue weighted by atomic mass is 10.1. The van der Waals surface area contributed by atoms with Crippen LogP contribution in [0.5, 0.6) is 0 Å². The number of anilines is 1. The smallest absolute Gasteiger partial charge is 0.144 e. The number of aliphatic hydroxyl groups is 1. The van der Waals surface area contributed by atoms with Crippen LogP contribution in [0.15, 0.2) is 6.07 Å². The van der Waals surface area contributed by atoms with Gasteiger partial charge in [0.05, 0.1) is 24.9 Å². The Hall–Kier alpha value is -1.24. The second-order valence-corrected chi connectivity index (χ2v) is 5.70. The number of ether oxygens (including phenoxy) is 1. The highest BCUT2D eigenvalue weighted by atomic mass is 16.5. The van der Waals surface area contributed by atoms with E-state index in [2.05, 4.69) is 14.9 Å². The van der Waals surface area contributed by atoms with Gasteiger partial charge in [0.25, 0.3) is 0 Å². The molecule has 19 heavy (non-hydrogen) atoms. The molecule has 1 aromatic heterocycles. The summed E-state index contributed by atoms with van der Waals surface area (Å²) in [7, 11) is 0. The first-order chi connectivity index (χ1) is 8.88. The van der Waals surface area contributed by atoms with Crippen molar-refractivity contribution in [3.05, 3.63) is 17.6 Å². The predicted octanol–water partition coefficient (Wildman–Crippen LogP) is 0.339. The minimum absolute atomic E-state index is 0.0245. The Kier molecular flexibility index (Phi) is 4.03.